The molecule has 4 saturated carbocycles. The summed E-state index contributed by atoms with van der Waals surface area (Å²) in [5, 5.41) is 22.3. The van der Waals surface area contributed by atoms with E-state index in [9.17, 15) is 15.0 Å². The fourth-order valence-corrected chi connectivity index (χ4v) is 7.77. The van der Waals surface area contributed by atoms with Crippen LogP contribution in [-0.2, 0) is 9.53 Å². The molecule has 4 rings (SSSR count). The van der Waals surface area contributed by atoms with Crippen LogP contribution in [0.5, 0.6) is 0 Å². The Morgan fingerprint density at radius 3 is 2.60 bits per heavy atom. The van der Waals surface area contributed by atoms with Crippen LogP contribution in [0.15, 0.2) is 12.2 Å². The van der Waals surface area contributed by atoms with Crippen molar-refractivity contribution < 1.29 is 19.7 Å². The Labute approximate surface area is 150 Å². The summed E-state index contributed by atoms with van der Waals surface area (Å²) in [6.45, 7) is 8.50. The summed E-state index contributed by atoms with van der Waals surface area (Å²) >= 11 is 0. The van der Waals surface area contributed by atoms with Gasteiger partial charge in [0, 0.05) is 5.41 Å². The molecule has 4 fully saturated rings. The third-order valence-corrected chi connectivity index (χ3v) is 8.94. The summed E-state index contributed by atoms with van der Waals surface area (Å²) in [6, 6.07) is 0. The zero-order valence-electron chi connectivity index (χ0n) is 15.8. The van der Waals surface area contributed by atoms with Crippen molar-refractivity contribution in [1.29, 1.82) is 0 Å². The summed E-state index contributed by atoms with van der Waals surface area (Å²) < 4.78 is 5.17. The maximum atomic E-state index is 12.7. The highest BCUT2D eigenvalue weighted by Crippen LogP contribution is 2.72. The van der Waals surface area contributed by atoms with E-state index < -0.39 is 23.0 Å². The molecule has 0 radical (unpaired) electrons. The minimum absolute atomic E-state index is 0.0447. The van der Waals surface area contributed by atoms with Crippen LogP contribution < -0.4 is 0 Å². The minimum atomic E-state index is -0.607. The number of rotatable bonds is 1. The van der Waals surface area contributed by atoms with Crippen LogP contribution in [0.3, 0.4) is 0 Å². The third-order valence-electron chi connectivity index (χ3n) is 8.94. The first-order valence-corrected chi connectivity index (χ1v) is 9.85. The highest BCUT2D eigenvalue weighted by atomic mass is 16.5. The highest BCUT2D eigenvalue weighted by Gasteiger charge is 2.70. The molecule has 25 heavy (non-hydrogen) atoms. The summed E-state index contributed by atoms with van der Waals surface area (Å²) in [5.41, 5.74) is -0.117. The van der Waals surface area contributed by atoms with Gasteiger partial charge >= 0.3 is 5.97 Å². The average Bonchev–Trinajstić information content (AvgIpc) is 2.78. The summed E-state index contributed by atoms with van der Waals surface area (Å²) in [6.07, 6.45) is 5.21. The lowest BCUT2D eigenvalue weighted by Crippen LogP contribution is -2.65. The maximum absolute atomic E-state index is 12.7. The zero-order valence-corrected chi connectivity index (χ0v) is 15.8. The number of hydrogen-bond acceptors (Lipinski definition) is 4. The van der Waals surface area contributed by atoms with Gasteiger partial charge in [-0.3, -0.25) is 4.79 Å². The van der Waals surface area contributed by atoms with Crippen molar-refractivity contribution in [3.63, 3.8) is 0 Å². The van der Waals surface area contributed by atoms with Crippen LogP contribution in [0, 0.1) is 34.0 Å². The molecule has 0 aromatic heterocycles. The zero-order chi connectivity index (χ0) is 18.2. The molecular formula is C21H32O4. The minimum Gasteiger partial charge on any atom is -0.469 e. The largest absolute Gasteiger partial charge is 0.469 e. The third kappa shape index (κ3) is 1.93. The molecule has 4 nitrogen and oxygen atoms in total. The van der Waals surface area contributed by atoms with E-state index in [-0.39, 0.29) is 23.2 Å². The van der Waals surface area contributed by atoms with Crippen LogP contribution >= 0.6 is 0 Å². The highest BCUT2D eigenvalue weighted by molar-refractivity contribution is 5.77. The van der Waals surface area contributed by atoms with Gasteiger partial charge in [-0.05, 0) is 74.2 Å². The smallest absolute Gasteiger partial charge is 0.311 e. The molecule has 0 aliphatic heterocycles. The van der Waals surface area contributed by atoms with Crippen LogP contribution in [0.4, 0.5) is 0 Å². The number of methoxy groups -OCH3 is 1. The number of aliphatic hydroxyl groups excluding tert-OH is 2. The van der Waals surface area contributed by atoms with Gasteiger partial charge in [-0.1, -0.05) is 19.9 Å². The Hall–Kier alpha value is -0.870. The monoisotopic (exact) mass is 348 g/mol. The van der Waals surface area contributed by atoms with E-state index >= 15 is 0 Å². The summed E-state index contributed by atoms with van der Waals surface area (Å²) in [5.74, 6) is 0.543. The van der Waals surface area contributed by atoms with E-state index in [1.165, 1.54) is 7.11 Å². The van der Waals surface area contributed by atoms with Crippen molar-refractivity contribution in [3.8, 4) is 0 Å². The topological polar surface area (TPSA) is 66.8 Å². The molecule has 0 amide bonds. The molecule has 4 aliphatic carbocycles. The number of carbonyl (C=O) groups excluding carboxylic acids is 1. The summed E-state index contributed by atoms with van der Waals surface area (Å²) in [7, 11) is 1.47. The van der Waals surface area contributed by atoms with Gasteiger partial charge < -0.3 is 14.9 Å². The SMILES string of the molecule is C=C1[C@@H]2CC[C@H]3[C@]4(C)CCC[C@](C)(C(=O)OC)[C@H]4C[C@H](O)[C@]3(C2)[C@H]1O. The molecule has 0 aromatic rings. The quantitative estimate of drug-likeness (QED) is 0.564. The maximum Gasteiger partial charge on any atom is 0.311 e. The summed E-state index contributed by atoms with van der Waals surface area (Å²) in [4.78, 5) is 12.7. The van der Waals surface area contributed by atoms with Crippen molar-refractivity contribution >= 4 is 5.97 Å². The van der Waals surface area contributed by atoms with Crippen LogP contribution in [-0.4, -0.2) is 35.5 Å². The average molecular weight is 348 g/mol. The Balaban J connectivity index is 1.81. The van der Waals surface area contributed by atoms with Gasteiger partial charge in [0.15, 0.2) is 0 Å². The first-order chi connectivity index (χ1) is 11.7. The number of hydrogen-bond donors (Lipinski definition) is 2. The van der Waals surface area contributed by atoms with Crippen LogP contribution in [0.25, 0.3) is 0 Å². The first kappa shape index (κ1) is 17.5. The fraction of sp³-hybridized carbons (Fsp3) is 0.857. The van der Waals surface area contributed by atoms with Gasteiger partial charge in [-0.25, -0.2) is 0 Å². The van der Waals surface area contributed by atoms with E-state index in [2.05, 4.69) is 13.5 Å². The Morgan fingerprint density at radius 1 is 1.20 bits per heavy atom. The predicted molar refractivity (Wildman–Crippen MR) is 94.6 cm³/mol. The fourth-order valence-electron chi connectivity index (χ4n) is 7.77. The molecule has 0 unspecified atom stereocenters. The first-order valence-electron chi connectivity index (χ1n) is 9.85. The standard InChI is InChI=1S/C21H32O4/c1-12-13-6-7-14-19(2)8-5-9-20(3,18(24)25-4)15(19)10-16(22)21(14,11-13)17(12)23/h13-17,22-23H,1,5-11H2,2-4H3/t13-,14+,15+,16+,17+,19+,20+,21-/m1/s1. The van der Waals surface area contributed by atoms with E-state index in [1.807, 2.05) is 6.92 Å². The molecule has 8 atom stereocenters. The van der Waals surface area contributed by atoms with E-state index in [1.54, 1.807) is 0 Å². The van der Waals surface area contributed by atoms with Gasteiger partial charge in [0.1, 0.15) is 0 Å². The van der Waals surface area contributed by atoms with Gasteiger partial charge in [-0.15, -0.1) is 0 Å². The molecular weight excluding hydrogens is 316 g/mol. The van der Waals surface area contributed by atoms with E-state index in [0.717, 1.165) is 44.1 Å². The molecule has 1 spiro atoms. The second-order valence-electron chi connectivity index (χ2n) is 9.69. The molecule has 0 heterocycles. The van der Waals surface area contributed by atoms with Crippen molar-refractivity contribution in [2.24, 2.45) is 34.0 Å². The number of fused-ring (bicyclic) bond motifs is 3. The van der Waals surface area contributed by atoms with E-state index in [0.29, 0.717) is 12.3 Å². The molecule has 140 valence electrons. The molecule has 4 aliphatic rings. The van der Waals surface area contributed by atoms with Crippen LogP contribution in [0.1, 0.15) is 58.8 Å². The number of aliphatic hydroxyl groups is 2. The van der Waals surface area contributed by atoms with Crippen molar-refractivity contribution in [2.45, 2.75) is 71.0 Å². The van der Waals surface area contributed by atoms with Crippen molar-refractivity contribution in [1.82, 2.24) is 0 Å². The van der Waals surface area contributed by atoms with Gasteiger partial charge in [0.05, 0.1) is 24.7 Å². The molecule has 0 saturated heterocycles. The lowest BCUT2D eigenvalue weighted by atomic mass is 9.40. The number of carbonyl (C=O) groups is 1. The normalized spacial score (nSPS) is 54.6. The van der Waals surface area contributed by atoms with Crippen LogP contribution in [0.2, 0.25) is 0 Å². The molecule has 4 heteroatoms. The predicted octanol–water partition coefficient (Wildman–Crippen LogP) is 3.07. The molecule has 2 N–H and O–H groups in total. The number of ether oxygens (including phenoxy) is 1. The number of esters is 1. The second-order valence-corrected chi connectivity index (χ2v) is 9.69. The second kappa shape index (κ2) is 5.32. The van der Waals surface area contributed by atoms with Gasteiger partial charge in [0.25, 0.3) is 0 Å². The molecule has 0 aromatic carbocycles. The van der Waals surface area contributed by atoms with Crippen molar-refractivity contribution in [2.75, 3.05) is 7.11 Å². The Bertz CT molecular complexity index is 615. The van der Waals surface area contributed by atoms with E-state index in [4.69, 9.17) is 4.74 Å². The van der Waals surface area contributed by atoms with Crippen molar-refractivity contribution in [3.05, 3.63) is 12.2 Å². The lowest BCUT2D eigenvalue weighted by molar-refractivity contribution is -0.226. The molecule has 2 bridgehead atoms. The Morgan fingerprint density at radius 2 is 1.92 bits per heavy atom. The van der Waals surface area contributed by atoms with Gasteiger partial charge in [0.2, 0.25) is 0 Å². The Kier molecular flexibility index (Phi) is 3.73. The van der Waals surface area contributed by atoms with Gasteiger partial charge in [-0.2, -0.15) is 0 Å². The lowest BCUT2D eigenvalue weighted by Gasteiger charge is -2.65.